The number of hydrogen-bond acceptors (Lipinski definition) is 5. The van der Waals surface area contributed by atoms with E-state index in [4.69, 9.17) is 11.6 Å². The molecule has 6 nitrogen and oxygen atoms in total. The highest BCUT2D eigenvalue weighted by Gasteiger charge is 2.19. The number of anilines is 1. The van der Waals surface area contributed by atoms with Crippen LogP contribution in [0.4, 0.5) is 5.69 Å². The van der Waals surface area contributed by atoms with Crippen LogP contribution in [0.1, 0.15) is 11.3 Å². The van der Waals surface area contributed by atoms with Gasteiger partial charge >= 0.3 is 0 Å². The Balaban J connectivity index is 2.02. The Morgan fingerprint density at radius 3 is 2.68 bits per heavy atom. The summed E-state index contributed by atoms with van der Waals surface area (Å²) in [4.78, 5) is 15.8. The van der Waals surface area contributed by atoms with Crippen molar-refractivity contribution in [1.29, 1.82) is 0 Å². The number of carbonyl (C=O) groups is 1. The van der Waals surface area contributed by atoms with Crippen LogP contribution in [0, 0.1) is 0 Å². The van der Waals surface area contributed by atoms with Gasteiger partial charge in [-0.2, -0.15) is 0 Å². The number of benzene rings is 1. The average molecular weight is 442 g/mol. The zero-order chi connectivity index (χ0) is 20.7. The van der Waals surface area contributed by atoms with E-state index in [1.807, 2.05) is 11.4 Å². The molecule has 0 fully saturated rings. The van der Waals surface area contributed by atoms with Crippen molar-refractivity contribution in [2.45, 2.75) is 17.9 Å². The molecule has 0 unspecified atom stereocenters. The van der Waals surface area contributed by atoms with Gasteiger partial charge in [-0.05, 0) is 29.6 Å². The van der Waals surface area contributed by atoms with Gasteiger partial charge in [-0.3, -0.25) is 9.69 Å². The second-order valence-corrected chi connectivity index (χ2v) is 9.92. The monoisotopic (exact) mass is 441 g/mol. The number of carbonyl (C=O) groups excluding carboxylic acids is 1. The number of sulfonamides is 1. The number of thiophene rings is 1. The molecule has 1 amide bonds. The maximum absolute atomic E-state index is 12.4. The fourth-order valence-electron chi connectivity index (χ4n) is 2.48. The fraction of sp³-hybridized carbons (Fsp3) is 0.316. The smallest absolute Gasteiger partial charge is 0.242 e. The van der Waals surface area contributed by atoms with Crippen LogP contribution in [0.5, 0.6) is 0 Å². The first-order valence-corrected chi connectivity index (χ1v) is 11.3. The number of hydrogen-bond donors (Lipinski definition) is 1. The Hall–Kier alpha value is -1.71. The van der Waals surface area contributed by atoms with Crippen molar-refractivity contribution in [1.82, 2.24) is 9.21 Å². The molecule has 152 valence electrons. The fourth-order valence-corrected chi connectivity index (χ4v) is 4.32. The van der Waals surface area contributed by atoms with Crippen LogP contribution < -0.4 is 5.32 Å². The maximum atomic E-state index is 12.4. The van der Waals surface area contributed by atoms with Crippen molar-refractivity contribution in [3.05, 3.63) is 58.3 Å². The molecular formula is C19H24ClN3O3S2. The molecule has 0 aliphatic heterocycles. The SMILES string of the molecule is C=CCN(CCC(=O)Nc1cc(S(=O)(=O)N(C)C)ccc1Cl)Cc1cccs1. The van der Waals surface area contributed by atoms with E-state index in [-0.39, 0.29) is 27.9 Å². The summed E-state index contributed by atoms with van der Waals surface area (Å²) < 4.78 is 25.7. The lowest BCUT2D eigenvalue weighted by Gasteiger charge is -2.19. The summed E-state index contributed by atoms with van der Waals surface area (Å²) in [5.41, 5.74) is 0.281. The van der Waals surface area contributed by atoms with Gasteiger partial charge in [0, 0.05) is 45.0 Å². The van der Waals surface area contributed by atoms with E-state index < -0.39 is 10.0 Å². The molecule has 0 saturated carbocycles. The predicted octanol–water partition coefficient (Wildman–Crippen LogP) is 3.67. The van der Waals surface area contributed by atoms with Crippen LogP contribution in [0.3, 0.4) is 0 Å². The lowest BCUT2D eigenvalue weighted by Crippen LogP contribution is -2.27. The normalized spacial score (nSPS) is 11.8. The third-order valence-corrected chi connectivity index (χ3v) is 6.99. The molecular weight excluding hydrogens is 418 g/mol. The average Bonchev–Trinajstić information content (AvgIpc) is 3.14. The Kier molecular flexibility index (Phi) is 8.21. The molecule has 2 aromatic rings. The number of rotatable bonds is 10. The molecule has 2 rings (SSSR count). The van der Waals surface area contributed by atoms with Crippen LogP contribution in [0.15, 0.2) is 53.3 Å². The third-order valence-electron chi connectivity index (χ3n) is 3.99. The molecule has 0 aliphatic rings. The minimum atomic E-state index is -3.61. The minimum absolute atomic E-state index is 0.0724. The van der Waals surface area contributed by atoms with E-state index in [1.165, 1.54) is 37.2 Å². The van der Waals surface area contributed by atoms with Crippen LogP contribution in [0.2, 0.25) is 5.02 Å². The number of halogens is 1. The maximum Gasteiger partial charge on any atom is 0.242 e. The van der Waals surface area contributed by atoms with Crippen LogP contribution >= 0.6 is 22.9 Å². The molecule has 0 bridgehead atoms. The molecule has 1 aromatic heterocycles. The van der Waals surface area contributed by atoms with E-state index in [0.29, 0.717) is 13.1 Å². The highest BCUT2D eigenvalue weighted by atomic mass is 35.5. The van der Waals surface area contributed by atoms with Crippen molar-refractivity contribution < 1.29 is 13.2 Å². The summed E-state index contributed by atoms with van der Waals surface area (Å²) in [6, 6.07) is 8.31. The summed E-state index contributed by atoms with van der Waals surface area (Å²) in [7, 11) is -0.712. The van der Waals surface area contributed by atoms with Gasteiger partial charge in [0.15, 0.2) is 0 Å². The molecule has 28 heavy (non-hydrogen) atoms. The molecule has 1 heterocycles. The highest BCUT2D eigenvalue weighted by Crippen LogP contribution is 2.26. The van der Waals surface area contributed by atoms with Crippen molar-refractivity contribution >= 4 is 44.6 Å². The molecule has 0 spiro atoms. The van der Waals surface area contributed by atoms with Gasteiger partial charge in [-0.25, -0.2) is 12.7 Å². The van der Waals surface area contributed by atoms with Crippen molar-refractivity contribution in [3.63, 3.8) is 0 Å². The third kappa shape index (κ3) is 6.15. The lowest BCUT2D eigenvalue weighted by atomic mass is 10.3. The minimum Gasteiger partial charge on any atom is -0.325 e. The van der Waals surface area contributed by atoms with E-state index in [2.05, 4.69) is 22.9 Å². The number of amides is 1. The first kappa shape index (κ1) is 22.6. The largest absolute Gasteiger partial charge is 0.325 e. The van der Waals surface area contributed by atoms with Crippen molar-refractivity contribution in [3.8, 4) is 0 Å². The molecule has 0 saturated heterocycles. The Morgan fingerprint density at radius 2 is 2.07 bits per heavy atom. The van der Waals surface area contributed by atoms with Crippen LogP contribution in [-0.2, 0) is 21.4 Å². The second-order valence-electron chi connectivity index (χ2n) is 6.33. The summed E-state index contributed by atoms with van der Waals surface area (Å²) in [6.07, 6.45) is 2.05. The summed E-state index contributed by atoms with van der Waals surface area (Å²) in [5, 5.41) is 5.02. The quantitative estimate of drug-likeness (QED) is 0.571. The molecule has 0 aliphatic carbocycles. The zero-order valence-electron chi connectivity index (χ0n) is 15.9. The molecule has 9 heteroatoms. The molecule has 1 N–H and O–H groups in total. The van der Waals surface area contributed by atoms with Crippen LogP contribution in [0.25, 0.3) is 0 Å². The summed E-state index contributed by atoms with van der Waals surface area (Å²) in [5.74, 6) is -0.235. The van der Waals surface area contributed by atoms with Gasteiger partial charge in [0.2, 0.25) is 15.9 Å². The lowest BCUT2D eigenvalue weighted by molar-refractivity contribution is -0.116. The molecule has 0 radical (unpaired) electrons. The van der Waals surface area contributed by atoms with E-state index in [1.54, 1.807) is 17.4 Å². The highest BCUT2D eigenvalue weighted by molar-refractivity contribution is 7.89. The standard InChI is InChI=1S/C19H24ClN3O3S2/c1-4-10-23(14-15-6-5-12-27-15)11-9-19(24)21-18-13-16(7-8-17(18)20)28(25,26)22(2)3/h4-8,12-13H,1,9-11,14H2,2-3H3,(H,21,24). The van der Waals surface area contributed by atoms with Crippen molar-refractivity contribution in [2.75, 3.05) is 32.5 Å². The summed E-state index contributed by atoms with van der Waals surface area (Å²) >= 11 is 7.80. The van der Waals surface area contributed by atoms with E-state index >= 15 is 0 Å². The van der Waals surface area contributed by atoms with Gasteiger partial charge < -0.3 is 5.32 Å². The number of nitrogens with one attached hydrogen (secondary N) is 1. The summed E-state index contributed by atoms with van der Waals surface area (Å²) in [6.45, 7) is 5.72. The first-order valence-electron chi connectivity index (χ1n) is 8.61. The molecule has 0 atom stereocenters. The first-order chi connectivity index (χ1) is 13.2. The van der Waals surface area contributed by atoms with Gasteiger partial charge in [0.1, 0.15) is 0 Å². The Bertz CT molecular complexity index is 913. The number of nitrogens with zero attached hydrogens (tertiary/aromatic N) is 2. The molecule has 1 aromatic carbocycles. The zero-order valence-corrected chi connectivity index (χ0v) is 18.3. The Labute approximate surface area is 175 Å². The van der Waals surface area contributed by atoms with E-state index in [9.17, 15) is 13.2 Å². The second kappa shape index (κ2) is 10.2. The Morgan fingerprint density at radius 1 is 1.32 bits per heavy atom. The van der Waals surface area contributed by atoms with Crippen molar-refractivity contribution in [2.24, 2.45) is 0 Å². The topological polar surface area (TPSA) is 69.7 Å². The van der Waals surface area contributed by atoms with Gasteiger partial charge in [0.05, 0.1) is 15.6 Å². The van der Waals surface area contributed by atoms with Gasteiger partial charge in [-0.1, -0.05) is 23.7 Å². The van der Waals surface area contributed by atoms with E-state index in [0.717, 1.165) is 10.8 Å². The van der Waals surface area contributed by atoms with Gasteiger partial charge in [-0.15, -0.1) is 17.9 Å². The van der Waals surface area contributed by atoms with Gasteiger partial charge in [0.25, 0.3) is 0 Å². The predicted molar refractivity (Wildman–Crippen MR) is 115 cm³/mol. The van der Waals surface area contributed by atoms with Crippen LogP contribution in [-0.4, -0.2) is 50.7 Å².